The Bertz CT molecular complexity index is 1110. The lowest BCUT2D eigenvalue weighted by atomic mass is 10.00. The molecule has 0 bridgehead atoms. The summed E-state index contributed by atoms with van der Waals surface area (Å²) in [4.78, 5) is 15.9. The molecule has 0 fully saturated rings. The summed E-state index contributed by atoms with van der Waals surface area (Å²) in [6.45, 7) is 2.08. The van der Waals surface area contributed by atoms with Crippen LogP contribution in [0.1, 0.15) is 5.56 Å². The van der Waals surface area contributed by atoms with Crippen LogP contribution in [-0.4, -0.2) is 29.0 Å². The minimum atomic E-state index is 0.682. The molecular weight excluding hydrogens is 356 g/mol. The first-order valence-corrected chi connectivity index (χ1v) is 9.07. The quantitative estimate of drug-likeness (QED) is 0.482. The summed E-state index contributed by atoms with van der Waals surface area (Å²) in [6.07, 6.45) is 3.54. The van der Waals surface area contributed by atoms with E-state index in [9.17, 15) is 0 Å². The summed E-state index contributed by atoms with van der Waals surface area (Å²) in [5.74, 6) is 1.57. The fraction of sp³-hybridized carbons (Fsp3) is 0.136. The molecule has 0 atom stereocenters. The van der Waals surface area contributed by atoms with Crippen LogP contribution in [0.15, 0.2) is 60.9 Å². The van der Waals surface area contributed by atoms with Crippen LogP contribution in [0.25, 0.3) is 33.4 Å². The van der Waals surface area contributed by atoms with Crippen LogP contribution in [0.2, 0.25) is 5.02 Å². The molecular formula is C22H19ClN4. The Morgan fingerprint density at radius 3 is 2.33 bits per heavy atom. The predicted molar refractivity (Wildman–Crippen MR) is 112 cm³/mol. The van der Waals surface area contributed by atoms with E-state index in [0.717, 1.165) is 44.0 Å². The van der Waals surface area contributed by atoms with Gasteiger partial charge in [-0.2, -0.15) is 0 Å². The van der Waals surface area contributed by atoms with Gasteiger partial charge in [-0.3, -0.25) is 4.98 Å². The van der Waals surface area contributed by atoms with Crippen molar-refractivity contribution in [3.63, 3.8) is 0 Å². The van der Waals surface area contributed by atoms with Gasteiger partial charge < -0.3 is 4.90 Å². The van der Waals surface area contributed by atoms with Crippen molar-refractivity contribution in [2.75, 3.05) is 19.0 Å². The number of benzene rings is 2. The molecule has 0 aliphatic heterocycles. The molecule has 0 N–H and O–H groups in total. The van der Waals surface area contributed by atoms with Gasteiger partial charge in [-0.1, -0.05) is 23.7 Å². The molecule has 0 aliphatic rings. The highest BCUT2D eigenvalue weighted by Crippen LogP contribution is 2.33. The molecule has 2 aromatic heterocycles. The number of anilines is 1. The van der Waals surface area contributed by atoms with Gasteiger partial charge in [0.2, 0.25) is 0 Å². The number of nitrogens with zero attached hydrogens (tertiary/aromatic N) is 4. The van der Waals surface area contributed by atoms with E-state index in [1.54, 1.807) is 12.4 Å². The number of halogens is 1. The van der Waals surface area contributed by atoms with E-state index in [0.29, 0.717) is 5.82 Å². The third-order valence-electron chi connectivity index (χ3n) is 4.49. The molecule has 0 spiro atoms. The lowest BCUT2D eigenvalue weighted by Crippen LogP contribution is -2.12. The van der Waals surface area contributed by atoms with Gasteiger partial charge >= 0.3 is 0 Å². The highest BCUT2D eigenvalue weighted by atomic mass is 35.5. The molecule has 0 aliphatic carbocycles. The highest BCUT2D eigenvalue weighted by Gasteiger charge is 2.14. The zero-order chi connectivity index (χ0) is 19.0. The van der Waals surface area contributed by atoms with Gasteiger partial charge in [0.25, 0.3) is 0 Å². The van der Waals surface area contributed by atoms with Crippen LogP contribution in [0.5, 0.6) is 0 Å². The number of hydrogen-bond donors (Lipinski definition) is 0. The molecule has 2 aromatic carbocycles. The van der Waals surface area contributed by atoms with Gasteiger partial charge in [-0.15, -0.1) is 0 Å². The van der Waals surface area contributed by atoms with Gasteiger partial charge in [0, 0.05) is 42.5 Å². The summed E-state index contributed by atoms with van der Waals surface area (Å²) in [5.41, 5.74) is 5.20. The summed E-state index contributed by atoms with van der Waals surface area (Å²) in [7, 11) is 4.00. The van der Waals surface area contributed by atoms with Crippen LogP contribution < -0.4 is 4.90 Å². The third kappa shape index (κ3) is 3.36. The lowest BCUT2D eigenvalue weighted by molar-refractivity contribution is 1.06. The van der Waals surface area contributed by atoms with E-state index in [4.69, 9.17) is 21.6 Å². The largest absolute Gasteiger partial charge is 0.362 e. The van der Waals surface area contributed by atoms with Crippen molar-refractivity contribution in [3.05, 3.63) is 71.5 Å². The first-order chi connectivity index (χ1) is 13.0. The fourth-order valence-electron chi connectivity index (χ4n) is 3.16. The topological polar surface area (TPSA) is 41.9 Å². The number of aryl methyl sites for hydroxylation is 1. The van der Waals surface area contributed by atoms with Gasteiger partial charge in [-0.25, -0.2) is 9.97 Å². The Morgan fingerprint density at radius 2 is 1.67 bits per heavy atom. The second-order valence-electron chi connectivity index (χ2n) is 6.70. The molecule has 0 saturated carbocycles. The smallest absolute Gasteiger partial charge is 0.163 e. The lowest BCUT2D eigenvalue weighted by Gasteiger charge is -2.17. The zero-order valence-corrected chi connectivity index (χ0v) is 16.2. The van der Waals surface area contributed by atoms with Crippen LogP contribution >= 0.6 is 11.6 Å². The highest BCUT2D eigenvalue weighted by molar-refractivity contribution is 6.30. The van der Waals surface area contributed by atoms with E-state index in [1.807, 2.05) is 55.4 Å². The Balaban J connectivity index is 1.96. The Hall–Kier alpha value is -2.98. The van der Waals surface area contributed by atoms with E-state index < -0.39 is 0 Å². The second-order valence-corrected chi connectivity index (χ2v) is 7.14. The third-order valence-corrected chi connectivity index (χ3v) is 4.74. The monoisotopic (exact) mass is 374 g/mol. The average Bonchev–Trinajstić information content (AvgIpc) is 2.68. The molecule has 4 rings (SSSR count). The SMILES string of the molecule is Cc1cc(-c2ccc(Cl)cc2)cc2c(N(C)C)nc(-c3cccnc3)nc12. The fourth-order valence-corrected chi connectivity index (χ4v) is 3.29. The van der Waals surface area contributed by atoms with E-state index in [1.165, 1.54) is 0 Å². The molecule has 0 radical (unpaired) electrons. The van der Waals surface area contributed by atoms with Crippen molar-refractivity contribution < 1.29 is 0 Å². The van der Waals surface area contributed by atoms with Crippen LogP contribution in [0.4, 0.5) is 5.82 Å². The number of fused-ring (bicyclic) bond motifs is 1. The zero-order valence-electron chi connectivity index (χ0n) is 15.4. The van der Waals surface area contributed by atoms with Crippen LogP contribution in [0.3, 0.4) is 0 Å². The molecule has 4 aromatic rings. The Kier molecular flexibility index (Phi) is 4.50. The minimum Gasteiger partial charge on any atom is -0.362 e. The van der Waals surface area contributed by atoms with E-state index in [2.05, 4.69) is 24.0 Å². The number of aromatic nitrogens is 3. The van der Waals surface area contributed by atoms with Crippen molar-refractivity contribution in [2.24, 2.45) is 0 Å². The summed E-state index contributed by atoms with van der Waals surface area (Å²) < 4.78 is 0. The summed E-state index contributed by atoms with van der Waals surface area (Å²) in [6, 6.07) is 16.1. The van der Waals surface area contributed by atoms with Crippen LogP contribution in [-0.2, 0) is 0 Å². The second kappa shape index (κ2) is 6.97. The van der Waals surface area contributed by atoms with Crippen molar-refractivity contribution in [1.29, 1.82) is 0 Å². The number of hydrogen-bond acceptors (Lipinski definition) is 4. The Labute approximate surface area is 163 Å². The maximum absolute atomic E-state index is 6.04. The summed E-state index contributed by atoms with van der Waals surface area (Å²) >= 11 is 6.04. The number of pyridine rings is 1. The Morgan fingerprint density at radius 1 is 0.889 bits per heavy atom. The van der Waals surface area contributed by atoms with Crippen molar-refractivity contribution >= 4 is 28.3 Å². The molecule has 2 heterocycles. The molecule has 0 unspecified atom stereocenters. The minimum absolute atomic E-state index is 0.682. The average molecular weight is 375 g/mol. The van der Waals surface area contributed by atoms with Crippen molar-refractivity contribution in [2.45, 2.75) is 6.92 Å². The normalized spacial score (nSPS) is 11.0. The predicted octanol–water partition coefficient (Wildman–Crippen LogP) is 5.39. The van der Waals surface area contributed by atoms with Crippen molar-refractivity contribution in [3.8, 4) is 22.5 Å². The van der Waals surface area contributed by atoms with Gasteiger partial charge in [-0.05, 0) is 60.0 Å². The molecule has 5 heteroatoms. The molecule has 27 heavy (non-hydrogen) atoms. The standard InChI is InChI=1S/C22H19ClN4/c1-14-11-17(15-6-8-18(23)9-7-15)12-19-20(14)25-21(26-22(19)27(2)3)16-5-4-10-24-13-16/h4-13H,1-3H3. The first kappa shape index (κ1) is 17.4. The van der Waals surface area contributed by atoms with Gasteiger partial charge in [0.05, 0.1) is 5.52 Å². The molecule has 134 valence electrons. The maximum Gasteiger partial charge on any atom is 0.163 e. The van der Waals surface area contributed by atoms with Gasteiger partial charge in [0.15, 0.2) is 5.82 Å². The first-order valence-electron chi connectivity index (χ1n) is 8.69. The van der Waals surface area contributed by atoms with Crippen LogP contribution in [0, 0.1) is 6.92 Å². The number of rotatable bonds is 3. The molecule has 4 nitrogen and oxygen atoms in total. The van der Waals surface area contributed by atoms with E-state index >= 15 is 0 Å². The summed E-state index contributed by atoms with van der Waals surface area (Å²) in [5, 5.41) is 1.76. The van der Waals surface area contributed by atoms with E-state index in [-0.39, 0.29) is 0 Å². The molecule has 0 amide bonds. The maximum atomic E-state index is 6.04. The molecule has 0 saturated heterocycles. The van der Waals surface area contributed by atoms with Gasteiger partial charge in [0.1, 0.15) is 5.82 Å². The van der Waals surface area contributed by atoms with Crippen molar-refractivity contribution in [1.82, 2.24) is 15.0 Å².